The molecule has 0 aliphatic heterocycles. The summed E-state index contributed by atoms with van der Waals surface area (Å²) >= 11 is 0. The Morgan fingerprint density at radius 3 is 2.41 bits per heavy atom. The summed E-state index contributed by atoms with van der Waals surface area (Å²) < 4.78 is 8.66. The van der Waals surface area contributed by atoms with E-state index in [-0.39, 0.29) is 29.5 Å². The van der Waals surface area contributed by atoms with Crippen molar-refractivity contribution in [1.29, 1.82) is 0 Å². The summed E-state index contributed by atoms with van der Waals surface area (Å²) in [6, 6.07) is -0.851. The third-order valence-corrected chi connectivity index (χ3v) is 1.31. The van der Waals surface area contributed by atoms with Gasteiger partial charge in [-0.2, -0.15) is 0 Å². The predicted molar refractivity (Wildman–Crippen MR) is 53.5 cm³/mol. The van der Waals surface area contributed by atoms with Crippen LogP contribution in [-0.4, -0.2) is 55.0 Å². The number of phosphoric acid groups is 1. The molecule has 1 aromatic rings. The van der Waals surface area contributed by atoms with Gasteiger partial charge in [-0.1, -0.05) is 0 Å². The van der Waals surface area contributed by atoms with Gasteiger partial charge in [-0.25, -0.2) is 4.98 Å². The van der Waals surface area contributed by atoms with Gasteiger partial charge in [0, 0.05) is 18.3 Å². The van der Waals surface area contributed by atoms with Crippen molar-refractivity contribution >= 4 is 36.8 Å². The fourth-order valence-corrected chi connectivity index (χ4v) is 0.721. The molecule has 0 aromatic carbocycles. The number of hydrogen-bond donors (Lipinski definition) is 4. The molecule has 1 atom stereocenters. The topological polar surface area (TPSA) is 175 Å². The first kappa shape index (κ1) is 18.9. The van der Waals surface area contributed by atoms with Gasteiger partial charge < -0.3 is 35.1 Å². The molecule has 0 radical (unpaired) electrons. The zero-order valence-electron chi connectivity index (χ0n) is 8.65. The molecular weight excluding hydrogens is 265 g/mol. The maximum atomic E-state index is 10.3. The summed E-state index contributed by atoms with van der Waals surface area (Å²) in [5.41, 5.74) is 6.00. The van der Waals surface area contributed by atoms with Gasteiger partial charge in [0.25, 0.3) is 0 Å². The van der Waals surface area contributed by atoms with Crippen molar-refractivity contribution < 1.29 is 29.1 Å². The molecule has 0 aliphatic carbocycles. The van der Waals surface area contributed by atoms with Crippen LogP contribution in [-0.2, 0) is 15.8 Å². The largest absolute Gasteiger partial charge is 2.00 e. The number of carbonyl (C=O) groups is 1. The van der Waals surface area contributed by atoms with Gasteiger partial charge in [0.15, 0.2) is 0 Å². The van der Waals surface area contributed by atoms with E-state index in [9.17, 15) is 4.79 Å². The Labute approximate surface area is 112 Å². The molecule has 92 valence electrons. The van der Waals surface area contributed by atoms with Crippen LogP contribution in [0.15, 0.2) is 12.5 Å². The van der Waals surface area contributed by atoms with Crippen molar-refractivity contribution in [2.75, 3.05) is 0 Å². The molecule has 9 nitrogen and oxygen atoms in total. The Hall–Kier alpha value is -0.484. The number of rotatable bonds is 3. The molecule has 0 spiro atoms. The van der Waals surface area contributed by atoms with Gasteiger partial charge in [-0.3, -0.25) is 4.79 Å². The van der Waals surface area contributed by atoms with Crippen LogP contribution in [0, 0.1) is 0 Å². The summed E-state index contributed by atoms with van der Waals surface area (Å²) in [6.07, 6.45) is 3.34. The van der Waals surface area contributed by atoms with Gasteiger partial charge >= 0.3 is 29.0 Å². The zero-order chi connectivity index (χ0) is 12.8. The Bertz CT molecular complexity index is 358. The fraction of sp³-hybridized carbons (Fsp3) is 0.333. The van der Waals surface area contributed by atoms with Crippen LogP contribution in [0.1, 0.15) is 5.69 Å². The first-order chi connectivity index (χ1) is 7.20. The number of carboxylic acids is 1. The second-order valence-corrected chi connectivity index (χ2v) is 3.63. The molecule has 0 saturated carbocycles. The van der Waals surface area contributed by atoms with E-state index >= 15 is 0 Å². The Morgan fingerprint density at radius 1 is 1.65 bits per heavy atom. The molecule has 11 heteroatoms. The normalized spacial score (nSPS) is 11.8. The molecule has 0 bridgehead atoms. The number of H-pyrrole nitrogens is 1. The number of imidazole rings is 1. The average molecular weight is 275 g/mol. The zero-order valence-corrected chi connectivity index (χ0v) is 11.0. The van der Waals surface area contributed by atoms with E-state index in [0.717, 1.165) is 5.69 Å². The number of carboxylic acid groups (broad SMARTS) is 1. The molecule has 1 unspecified atom stereocenters. The van der Waals surface area contributed by atoms with Crippen molar-refractivity contribution in [3.63, 3.8) is 0 Å². The Kier molecular flexibility index (Phi) is 9.53. The number of aliphatic carboxylic acids is 1. The number of nitrogens with zero attached hydrogens (tertiary/aromatic N) is 1. The number of aromatic amines is 1. The summed E-state index contributed by atoms with van der Waals surface area (Å²) in [4.78, 5) is 41.0. The molecular formula is C6H10MgN3O6P. The number of nitrogens with one attached hydrogen (secondary N) is 1. The fourth-order valence-electron chi connectivity index (χ4n) is 0.721. The van der Waals surface area contributed by atoms with Gasteiger partial charge in [0.1, 0.15) is 6.04 Å². The molecule has 0 aliphatic rings. The maximum Gasteiger partial charge on any atom is 2.00 e. The van der Waals surface area contributed by atoms with E-state index in [4.69, 9.17) is 30.1 Å². The first-order valence-corrected chi connectivity index (χ1v) is 5.40. The molecule has 0 saturated heterocycles. The van der Waals surface area contributed by atoms with Crippen molar-refractivity contribution in [2.24, 2.45) is 5.73 Å². The minimum atomic E-state index is -5.14. The predicted octanol–water partition coefficient (Wildman–Crippen LogP) is -3.21. The van der Waals surface area contributed by atoms with E-state index in [2.05, 4.69) is 9.97 Å². The van der Waals surface area contributed by atoms with E-state index in [1.807, 2.05) is 0 Å². The van der Waals surface area contributed by atoms with Crippen LogP contribution in [0.25, 0.3) is 0 Å². The third-order valence-electron chi connectivity index (χ3n) is 1.31. The van der Waals surface area contributed by atoms with E-state index in [0.29, 0.717) is 0 Å². The van der Waals surface area contributed by atoms with Crippen LogP contribution in [0.3, 0.4) is 0 Å². The molecule has 5 N–H and O–H groups in total. The van der Waals surface area contributed by atoms with Crippen molar-refractivity contribution in [1.82, 2.24) is 9.97 Å². The van der Waals surface area contributed by atoms with Crippen molar-refractivity contribution in [2.45, 2.75) is 12.5 Å². The second kappa shape index (κ2) is 8.58. The van der Waals surface area contributed by atoms with Crippen molar-refractivity contribution in [3.05, 3.63) is 18.2 Å². The number of aromatic nitrogens is 2. The quantitative estimate of drug-likeness (QED) is 0.329. The molecule has 1 heterocycles. The molecule has 0 amide bonds. The monoisotopic (exact) mass is 275 g/mol. The SMILES string of the molecule is NC(Cc1cnc[nH]1)C(=O)O.O=P([O-])([O-])O.[Mg+2]. The van der Waals surface area contributed by atoms with Crippen LogP contribution >= 0.6 is 7.82 Å². The van der Waals surface area contributed by atoms with Gasteiger partial charge in [0.05, 0.1) is 14.2 Å². The maximum absolute atomic E-state index is 10.3. The van der Waals surface area contributed by atoms with E-state index < -0.39 is 19.8 Å². The molecule has 17 heavy (non-hydrogen) atoms. The minimum absolute atomic E-state index is 0. The van der Waals surface area contributed by atoms with Gasteiger partial charge in [0.2, 0.25) is 0 Å². The van der Waals surface area contributed by atoms with Crippen LogP contribution in [0.5, 0.6) is 0 Å². The third kappa shape index (κ3) is 13.5. The summed E-state index contributed by atoms with van der Waals surface area (Å²) in [6.45, 7) is 0. The molecule has 1 aromatic heterocycles. The van der Waals surface area contributed by atoms with Crippen LogP contribution in [0.2, 0.25) is 0 Å². The van der Waals surface area contributed by atoms with E-state index in [1.54, 1.807) is 6.20 Å². The number of hydrogen-bond acceptors (Lipinski definition) is 6. The molecule has 0 fully saturated rings. The van der Waals surface area contributed by atoms with Crippen LogP contribution in [0.4, 0.5) is 0 Å². The minimum Gasteiger partial charge on any atom is -0.790 e. The smallest absolute Gasteiger partial charge is 0.790 e. The average Bonchev–Trinajstić information content (AvgIpc) is 2.53. The van der Waals surface area contributed by atoms with Crippen molar-refractivity contribution in [3.8, 4) is 0 Å². The Morgan fingerprint density at radius 2 is 2.12 bits per heavy atom. The summed E-state index contributed by atoms with van der Waals surface area (Å²) in [7, 11) is -5.14. The second-order valence-electron chi connectivity index (χ2n) is 2.69. The first-order valence-electron chi connectivity index (χ1n) is 3.90. The Balaban J connectivity index is 0. The standard InChI is InChI=1S/C6H9N3O2.Mg.H3O4P/c7-5(6(10)11)1-4-2-8-3-9-4;;1-5(2,3)4/h2-3,5H,1,7H2,(H,8,9)(H,10,11);;(H3,1,2,3,4)/q;+2;/p-2. The van der Waals surface area contributed by atoms with Gasteiger partial charge in [-0.05, 0) is 0 Å². The van der Waals surface area contributed by atoms with Crippen LogP contribution < -0.4 is 15.5 Å². The van der Waals surface area contributed by atoms with Gasteiger partial charge in [-0.15, -0.1) is 0 Å². The summed E-state index contributed by atoms with van der Waals surface area (Å²) in [5, 5.41) is 8.42. The number of nitrogens with two attached hydrogens (primary N) is 1. The summed E-state index contributed by atoms with van der Waals surface area (Å²) in [5.74, 6) is -1.00. The molecule has 1 rings (SSSR count). The van der Waals surface area contributed by atoms with E-state index in [1.165, 1.54) is 6.33 Å².